The summed E-state index contributed by atoms with van der Waals surface area (Å²) in [5.74, 6) is 0.711. The molecule has 2 aliphatic heterocycles. The molecular formula is C16H30N2O3. The normalized spacial score (nSPS) is 26.3. The highest BCUT2D eigenvalue weighted by atomic mass is 16.6. The van der Waals surface area contributed by atoms with E-state index in [0.29, 0.717) is 5.92 Å². The lowest BCUT2D eigenvalue weighted by molar-refractivity contribution is 0.0226. The van der Waals surface area contributed by atoms with Crippen molar-refractivity contribution < 1.29 is 14.3 Å². The zero-order valence-corrected chi connectivity index (χ0v) is 13.7. The van der Waals surface area contributed by atoms with Crippen molar-refractivity contribution in [1.29, 1.82) is 0 Å². The van der Waals surface area contributed by atoms with Gasteiger partial charge >= 0.3 is 6.09 Å². The number of hydrogen-bond acceptors (Lipinski definition) is 4. The monoisotopic (exact) mass is 298 g/mol. The Morgan fingerprint density at radius 3 is 2.86 bits per heavy atom. The van der Waals surface area contributed by atoms with E-state index in [9.17, 15) is 4.79 Å². The van der Waals surface area contributed by atoms with Crippen LogP contribution in [-0.4, -0.2) is 55.5 Å². The van der Waals surface area contributed by atoms with E-state index >= 15 is 0 Å². The van der Waals surface area contributed by atoms with Crippen LogP contribution in [0, 0.1) is 5.92 Å². The van der Waals surface area contributed by atoms with Crippen LogP contribution in [0.3, 0.4) is 0 Å². The number of amides is 1. The molecule has 2 saturated heterocycles. The minimum atomic E-state index is -0.417. The second kappa shape index (κ2) is 7.45. The van der Waals surface area contributed by atoms with Crippen molar-refractivity contribution >= 4 is 6.09 Å². The van der Waals surface area contributed by atoms with Gasteiger partial charge in [0.25, 0.3) is 0 Å². The molecule has 0 saturated carbocycles. The van der Waals surface area contributed by atoms with E-state index < -0.39 is 5.60 Å². The van der Waals surface area contributed by atoms with E-state index in [1.165, 1.54) is 12.8 Å². The van der Waals surface area contributed by atoms with Crippen molar-refractivity contribution in [2.75, 3.05) is 32.8 Å². The van der Waals surface area contributed by atoms with Gasteiger partial charge in [0.1, 0.15) is 5.60 Å². The van der Waals surface area contributed by atoms with E-state index in [0.717, 1.165) is 45.7 Å². The van der Waals surface area contributed by atoms with Gasteiger partial charge in [-0.1, -0.05) is 0 Å². The van der Waals surface area contributed by atoms with Crippen LogP contribution in [-0.2, 0) is 9.47 Å². The molecule has 2 rings (SSSR count). The molecule has 0 spiro atoms. The lowest BCUT2D eigenvalue weighted by Crippen LogP contribution is -2.44. The molecule has 122 valence electrons. The smallest absolute Gasteiger partial charge is 0.410 e. The Morgan fingerprint density at radius 1 is 1.38 bits per heavy atom. The van der Waals surface area contributed by atoms with Crippen LogP contribution in [0.15, 0.2) is 0 Å². The van der Waals surface area contributed by atoms with Gasteiger partial charge in [0.2, 0.25) is 0 Å². The molecule has 2 heterocycles. The average molecular weight is 298 g/mol. The molecule has 5 nitrogen and oxygen atoms in total. The first-order chi connectivity index (χ1) is 9.96. The highest BCUT2D eigenvalue weighted by Gasteiger charge is 2.31. The SMILES string of the molecule is CC(C)(C)OC(=O)N1CCCC1CNCCC1CCOC1. The Kier molecular flexibility index (Phi) is 5.88. The Morgan fingerprint density at radius 2 is 2.19 bits per heavy atom. The summed E-state index contributed by atoms with van der Waals surface area (Å²) in [5.41, 5.74) is -0.417. The van der Waals surface area contributed by atoms with Crippen LogP contribution >= 0.6 is 0 Å². The second-order valence-electron chi connectivity index (χ2n) is 7.19. The second-order valence-corrected chi connectivity index (χ2v) is 7.19. The summed E-state index contributed by atoms with van der Waals surface area (Å²) in [4.78, 5) is 14.1. The summed E-state index contributed by atoms with van der Waals surface area (Å²) in [5, 5.41) is 3.50. The lowest BCUT2D eigenvalue weighted by atomic mass is 10.1. The van der Waals surface area contributed by atoms with Gasteiger partial charge in [-0.3, -0.25) is 0 Å². The molecule has 0 bridgehead atoms. The molecule has 2 atom stereocenters. The van der Waals surface area contributed by atoms with E-state index in [1.807, 2.05) is 25.7 Å². The van der Waals surface area contributed by atoms with E-state index in [4.69, 9.17) is 9.47 Å². The molecule has 2 aliphatic rings. The highest BCUT2D eigenvalue weighted by Crippen LogP contribution is 2.20. The molecule has 0 aromatic heterocycles. The predicted molar refractivity (Wildman–Crippen MR) is 82.4 cm³/mol. The highest BCUT2D eigenvalue weighted by molar-refractivity contribution is 5.69. The molecule has 2 unspecified atom stereocenters. The number of carbonyl (C=O) groups excluding carboxylic acids is 1. The maximum atomic E-state index is 12.2. The molecule has 1 N–H and O–H groups in total. The predicted octanol–water partition coefficient (Wildman–Crippen LogP) is 2.40. The number of likely N-dealkylation sites (tertiary alicyclic amines) is 1. The molecular weight excluding hydrogens is 268 g/mol. The van der Waals surface area contributed by atoms with Crippen LogP contribution in [0.4, 0.5) is 4.79 Å². The average Bonchev–Trinajstić information content (AvgIpc) is 3.04. The van der Waals surface area contributed by atoms with Crippen LogP contribution < -0.4 is 5.32 Å². The summed E-state index contributed by atoms with van der Waals surface area (Å²) < 4.78 is 10.9. The van der Waals surface area contributed by atoms with Crippen molar-refractivity contribution in [3.05, 3.63) is 0 Å². The largest absolute Gasteiger partial charge is 0.444 e. The van der Waals surface area contributed by atoms with Gasteiger partial charge < -0.3 is 19.7 Å². The Labute approximate surface area is 128 Å². The number of hydrogen-bond donors (Lipinski definition) is 1. The van der Waals surface area contributed by atoms with E-state index in [2.05, 4.69) is 5.32 Å². The molecule has 0 aromatic rings. The Bertz CT molecular complexity index is 335. The third-order valence-electron chi connectivity index (χ3n) is 4.14. The summed E-state index contributed by atoms with van der Waals surface area (Å²) >= 11 is 0. The molecule has 1 amide bonds. The van der Waals surface area contributed by atoms with Gasteiger partial charge in [-0.15, -0.1) is 0 Å². The molecule has 0 aliphatic carbocycles. The first-order valence-electron chi connectivity index (χ1n) is 8.24. The van der Waals surface area contributed by atoms with Gasteiger partial charge in [0.15, 0.2) is 0 Å². The minimum Gasteiger partial charge on any atom is -0.444 e. The van der Waals surface area contributed by atoms with Crippen LogP contribution in [0.1, 0.15) is 46.5 Å². The topological polar surface area (TPSA) is 50.8 Å². The van der Waals surface area contributed by atoms with Gasteiger partial charge in [-0.25, -0.2) is 4.79 Å². The van der Waals surface area contributed by atoms with E-state index in [1.54, 1.807) is 0 Å². The first kappa shape index (κ1) is 16.6. The standard InChI is InChI=1S/C16H30N2O3/c1-16(2,3)21-15(19)18-9-4-5-14(18)11-17-8-6-13-7-10-20-12-13/h13-14,17H,4-12H2,1-3H3. The fourth-order valence-electron chi connectivity index (χ4n) is 2.99. The number of carbonyl (C=O) groups is 1. The molecule has 0 aromatic carbocycles. The fourth-order valence-corrected chi connectivity index (χ4v) is 2.99. The lowest BCUT2D eigenvalue weighted by Gasteiger charge is -2.28. The van der Waals surface area contributed by atoms with Crippen molar-refractivity contribution in [1.82, 2.24) is 10.2 Å². The molecule has 5 heteroatoms. The maximum Gasteiger partial charge on any atom is 0.410 e. The maximum absolute atomic E-state index is 12.2. The number of ether oxygens (including phenoxy) is 2. The van der Waals surface area contributed by atoms with Crippen molar-refractivity contribution in [2.24, 2.45) is 5.92 Å². The summed E-state index contributed by atoms with van der Waals surface area (Å²) in [7, 11) is 0. The zero-order valence-electron chi connectivity index (χ0n) is 13.7. The number of nitrogens with one attached hydrogen (secondary N) is 1. The van der Waals surface area contributed by atoms with Crippen molar-refractivity contribution in [3.63, 3.8) is 0 Å². The fraction of sp³-hybridized carbons (Fsp3) is 0.938. The third kappa shape index (κ3) is 5.47. The van der Waals surface area contributed by atoms with E-state index in [-0.39, 0.29) is 12.1 Å². The zero-order chi connectivity index (χ0) is 15.3. The summed E-state index contributed by atoms with van der Waals surface area (Å²) in [6, 6.07) is 0.277. The number of nitrogens with zero attached hydrogens (tertiary/aromatic N) is 1. The number of rotatable bonds is 5. The van der Waals surface area contributed by atoms with Gasteiger partial charge in [-0.2, -0.15) is 0 Å². The third-order valence-corrected chi connectivity index (χ3v) is 4.14. The van der Waals surface area contributed by atoms with Crippen LogP contribution in [0.25, 0.3) is 0 Å². The quantitative estimate of drug-likeness (QED) is 0.792. The minimum absolute atomic E-state index is 0.170. The molecule has 0 radical (unpaired) electrons. The van der Waals surface area contributed by atoms with Gasteiger partial charge in [0.05, 0.1) is 0 Å². The van der Waals surface area contributed by atoms with Gasteiger partial charge in [0, 0.05) is 32.3 Å². The van der Waals surface area contributed by atoms with Crippen LogP contribution in [0.2, 0.25) is 0 Å². The first-order valence-corrected chi connectivity index (χ1v) is 8.24. The van der Waals surface area contributed by atoms with Crippen LogP contribution in [0.5, 0.6) is 0 Å². The molecule has 21 heavy (non-hydrogen) atoms. The Hall–Kier alpha value is -0.810. The Balaban J connectivity index is 1.67. The van der Waals surface area contributed by atoms with Gasteiger partial charge in [-0.05, 0) is 58.9 Å². The summed E-state index contributed by atoms with van der Waals surface area (Å²) in [6.45, 7) is 10.3. The van der Waals surface area contributed by atoms with Crippen molar-refractivity contribution in [2.45, 2.75) is 58.1 Å². The summed E-state index contributed by atoms with van der Waals surface area (Å²) in [6.07, 6.45) is 4.32. The van der Waals surface area contributed by atoms with Crippen molar-refractivity contribution in [3.8, 4) is 0 Å². The molecule has 2 fully saturated rings.